The van der Waals surface area contributed by atoms with Crippen LogP contribution in [0.4, 0.5) is 0 Å². The Morgan fingerprint density at radius 1 is 0.920 bits per heavy atom. The molecule has 2 fully saturated rings. The third kappa shape index (κ3) is 6.57. The van der Waals surface area contributed by atoms with Gasteiger partial charge >= 0.3 is 0 Å². The second-order valence-electron chi connectivity index (χ2n) is 8.44. The van der Waals surface area contributed by atoms with Crippen molar-refractivity contribution in [2.24, 2.45) is 17.3 Å². The number of rotatable bonds is 10. The monoisotopic (exact) mass is 349 g/mol. The van der Waals surface area contributed by atoms with E-state index in [4.69, 9.17) is 9.47 Å². The van der Waals surface area contributed by atoms with Gasteiger partial charge in [-0.05, 0) is 38.5 Å². The summed E-state index contributed by atoms with van der Waals surface area (Å²) in [6, 6.07) is 2.68. The van der Waals surface area contributed by atoms with E-state index in [1.165, 1.54) is 51.4 Å². The fourth-order valence-corrected chi connectivity index (χ4v) is 4.44. The van der Waals surface area contributed by atoms with E-state index in [1.54, 1.807) is 0 Å². The summed E-state index contributed by atoms with van der Waals surface area (Å²) >= 11 is 0. The second kappa shape index (κ2) is 11.2. The third-order valence-electron chi connectivity index (χ3n) is 6.33. The molecule has 1 aliphatic carbocycles. The molecule has 3 heteroatoms. The van der Waals surface area contributed by atoms with Crippen molar-refractivity contribution in [3.63, 3.8) is 0 Å². The zero-order valence-electron chi connectivity index (χ0n) is 16.6. The zero-order valence-corrected chi connectivity index (χ0v) is 16.6. The van der Waals surface area contributed by atoms with Crippen LogP contribution in [0.1, 0.15) is 97.3 Å². The minimum Gasteiger partial charge on any atom is -0.352 e. The topological polar surface area (TPSA) is 42.2 Å². The number of nitriles is 1. The number of ether oxygens (including phenoxy) is 2. The van der Waals surface area contributed by atoms with Gasteiger partial charge in [-0.2, -0.15) is 5.26 Å². The Morgan fingerprint density at radius 2 is 1.56 bits per heavy atom. The molecule has 0 amide bonds. The molecule has 2 aliphatic rings. The van der Waals surface area contributed by atoms with Crippen LogP contribution in [-0.2, 0) is 9.47 Å². The van der Waals surface area contributed by atoms with Crippen molar-refractivity contribution in [3.8, 4) is 6.07 Å². The molecule has 0 aromatic carbocycles. The van der Waals surface area contributed by atoms with Gasteiger partial charge in [-0.1, -0.05) is 58.8 Å². The maximum absolute atomic E-state index is 9.75. The first-order valence-corrected chi connectivity index (χ1v) is 10.9. The molecule has 0 bridgehead atoms. The van der Waals surface area contributed by atoms with Gasteiger partial charge < -0.3 is 9.47 Å². The molecule has 0 aromatic heterocycles. The van der Waals surface area contributed by atoms with Gasteiger partial charge in [0.2, 0.25) is 0 Å². The predicted octanol–water partition coefficient (Wildman–Crippen LogP) is 6.23. The standard InChI is InChI=1S/C22H39NO2/c1-3-5-7-8-9-13-22(18-23)14-11-20(12-15-22)21-24-16-19(17-25-21)10-6-4-2/h19-21H,3-17H2,1-2H3. The van der Waals surface area contributed by atoms with E-state index in [2.05, 4.69) is 19.9 Å². The Bertz CT molecular complexity index is 387. The lowest BCUT2D eigenvalue weighted by atomic mass is 9.68. The Hall–Kier alpha value is -0.590. The molecule has 144 valence electrons. The first kappa shape index (κ1) is 20.7. The molecule has 3 nitrogen and oxygen atoms in total. The van der Waals surface area contributed by atoms with Crippen molar-refractivity contribution < 1.29 is 9.47 Å². The van der Waals surface area contributed by atoms with Crippen LogP contribution < -0.4 is 0 Å². The zero-order chi connectivity index (χ0) is 18.0. The van der Waals surface area contributed by atoms with Crippen molar-refractivity contribution >= 4 is 0 Å². The van der Waals surface area contributed by atoms with Gasteiger partial charge in [-0.3, -0.25) is 0 Å². The Labute approximate surface area is 155 Å². The average Bonchev–Trinajstić information content (AvgIpc) is 2.67. The summed E-state index contributed by atoms with van der Waals surface area (Å²) in [5.41, 5.74) is -0.0684. The van der Waals surface area contributed by atoms with Gasteiger partial charge in [0.05, 0.1) is 24.7 Å². The maximum Gasteiger partial charge on any atom is 0.160 e. The van der Waals surface area contributed by atoms with Gasteiger partial charge in [0.25, 0.3) is 0 Å². The first-order chi connectivity index (χ1) is 12.2. The molecule has 0 radical (unpaired) electrons. The summed E-state index contributed by atoms with van der Waals surface area (Å²) in [5, 5.41) is 9.75. The van der Waals surface area contributed by atoms with Crippen LogP contribution in [0.2, 0.25) is 0 Å². The van der Waals surface area contributed by atoms with Crippen molar-refractivity contribution in [2.75, 3.05) is 13.2 Å². The fraction of sp³-hybridized carbons (Fsp3) is 0.955. The van der Waals surface area contributed by atoms with Crippen LogP contribution in [-0.4, -0.2) is 19.5 Å². The molecule has 2 rings (SSSR count). The highest BCUT2D eigenvalue weighted by molar-refractivity contribution is 5.01. The highest BCUT2D eigenvalue weighted by Crippen LogP contribution is 2.44. The highest BCUT2D eigenvalue weighted by Gasteiger charge is 2.39. The van der Waals surface area contributed by atoms with Crippen molar-refractivity contribution in [3.05, 3.63) is 0 Å². The van der Waals surface area contributed by atoms with Crippen LogP contribution in [0.3, 0.4) is 0 Å². The molecule has 0 spiro atoms. The van der Waals surface area contributed by atoms with E-state index in [-0.39, 0.29) is 11.7 Å². The number of nitrogens with zero attached hydrogens (tertiary/aromatic N) is 1. The first-order valence-electron chi connectivity index (χ1n) is 10.9. The Morgan fingerprint density at radius 3 is 2.16 bits per heavy atom. The summed E-state index contributed by atoms with van der Waals surface area (Å²) in [6.45, 7) is 6.21. The number of unbranched alkanes of at least 4 members (excludes halogenated alkanes) is 5. The van der Waals surface area contributed by atoms with Gasteiger partial charge in [0.15, 0.2) is 6.29 Å². The van der Waals surface area contributed by atoms with E-state index in [1.807, 2.05) is 0 Å². The molecule has 1 saturated heterocycles. The molecule has 0 atom stereocenters. The SMILES string of the molecule is CCCCCCCC1(C#N)CCC(C2OCC(CCCC)CO2)CC1. The summed E-state index contributed by atoms with van der Waals surface area (Å²) in [5.74, 6) is 1.08. The summed E-state index contributed by atoms with van der Waals surface area (Å²) in [7, 11) is 0. The summed E-state index contributed by atoms with van der Waals surface area (Å²) in [6.07, 6.45) is 15.5. The van der Waals surface area contributed by atoms with E-state index in [9.17, 15) is 5.26 Å². The predicted molar refractivity (Wildman–Crippen MR) is 102 cm³/mol. The van der Waals surface area contributed by atoms with Crippen molar-refractivity contribution in [2.45, 2.75) is 104 Å². The van der Waals surface area contributed by atoms with Gasteiger partial charge in [-0.15, -0.1) is 0 Å². The third-order valence-corrected chi connectivity index (χ3v) is 6.33. The maximum atomic E-state index is 9.75. The average molecular weight is 350 g/mol. The van der Waals surface area contributed by atoms with E-state index in [0.717, 1.165) is 45.3 Å². The normalized spacial score (nSPS) is 33.1. The molecular weight excluding hydrogens is 310 g/mol. The summed E-state index contributed by atoms with van der Waals surface area (Å²) < 4.78 is 12.1. The quantitative estimate of drug-likeness (QED) is 0.439. The van der Waals surface area contributed by atoms with Gasteiger partial charge in [0.1, 0.15) is 0 Å². The summed E-state index contributed by atoms with van der Waals surface area (Å²) in [4.78, 5) is 0. The smallest absolute Gasteiger partial charge is 0.160 e. The number of hydrogen-bond acceptors (Lipinski definition) is 3. The van der Waals surface area contributed by atoms with Crippen LogP contribution in [0.15, 0.2) is 0 Å². The lowest BCUT2D eigenvalue weighted by Gasteiger charge is -2.40. The van der Waals surface area contributed by atoms with Crippen LogP contribution in [0.5, 0.6) is 0 Å². The minimum absolute atomic E-state index is 0.0147. The molecule has 0 aromatic rings. The molecule has 0 unspecified atom stereocenters. The lowest BCUT2D eigenvalue weighted by molar-refractivity contribution is -0.231. The number of hydrogen-bond donors (Lipinski definition) is 0. The largest absolute Gasteiger partial charge is 0.352 e. The van der Waals surface area contributed by atoms with E-state index < -0.39 is 0 Å². The molecular formula is C22H39NO2. The molecule has 0 N–H and O–H groups in total. The molecule has 1 saturated carbocycles. The van der Waals surface area contributed by atoms with Crippen LogP contribution >= 0.6 is 0 Å². The Balaban J connectivity index is 1.68. The van der Waals surface area contributed by atoms with Crippen molar-refractivity contribution in [1.82, 2.24) is 0 Å². The fourth-order valence-electron chi connectivity index (χ4n) is 4.44. The lowest BCUT2D eigenvalue weighted by Crippen LogP contribution is -2.40. The second-order valence-corrected chi connectivity index (χ2v) is 8.44. The van der Waals surface area contributed by atoms with Crippen LogP contribution in [0, 0.1) is 28.6 Å². The molecule has 1 aliphatic heterocycles. The molecule has 1 heterocycles. The highest BCUT2D eigenvalue weighted by atomic mass is 16.7. The van der Waals surface area contributed by atoms with Gasteiger partial charge in [-0.25, -0.2) is 0 Å². The van der Waals surface area contributed by atoms with Gasteiger partial charge in [0, 0.05) is 11.8 Å². The van der Waals surface area contributed by atoms with Crippen LogP contribution in [0.25, 0.3) is 0 Å². The Kier molecular flexibility index (Phi) is 9.28. The van der Waals surface area contributed by atoms with E-state index in [0.29, 0.717) is 11.8 Å². The molecule has 25 heavy (non-hydrogen) atoms. The van der Waals surface area contributed by atoms with E-state index >= 15 is 0 Å². The minimum atomic E-state index is -0.0684. The van der Waals surface area contributed by atoms with Crippen molar-refractivity contribution in [1.29, 1.82) is 5.26 Å².